The van der Waals surface area contributed by atoms with Crippen LogP contribution in [0.3, 0.4) is 0 Å². The molecule has 0 unspecified atom stereocenters. The minimum atomic E-state index is -4.93. The molecule has 1 fully saturated rings. The van der Waals surface area contributed by atoms with Crippen molar-refractivity contribution in [2.24, 2.45) is 0 Å². The molecule has 0 spiro atoms. The third kappa shape index (κ3) is 5.74. The van der Waals surface area contributed by atoms with Gasteiger partial charge in [-0.05, 0) is 47.0 Å². The Morgan fingerprint density at radius 2 is 1.79 bits per heavy atom. The smallest absolute Gasteiger partial charge is 0.416 e. The van der Waals surface area contributed by atoms with Crippen LogP contribution in [0.2, 0.25) is 0 Å². The summed E-state index contributed by atoms with van der Waals surface area (Å²) in [6.07, 6.45) is -6.74. The highest BCUT2D eigenvalue weighted by molar-refractivity contribution is 5.77. The molecule has 1 aliphatic rings. The van der Waals surface area contributed by atoms with Crippen LogP contribution < -0.4 is 10.1 Å². The van der Waals surface area contributed by atoms with Gasteiger partial charge in [0.1, 0.15) is 18.0 Å². The molecule has 0 bridgehead atoms. The van der Waals surface area contributed by atoms with Crippen molar-refractivity contribution in [3.05, 3.63) is 106 Å². The van der Waals surface area contributed by atoms with Crippen molar-refractivity contribution in [2.75, 3.05) is 13.7 Å². The summed E-state index contributed by atoms with van der Waals surface area (Å²) in [7, 11) is 1.20. The molecule has 2 heterocycles. The zero-order valence-corrected chi connectivity index (χ0v) is 22.0. The van der Waals surface area contributed by atoms with Gasteiger partial charge in [-0.15, -0.1) is 10.2 Å². The number of alkyl halides is 4. The van der Waals surface area contributed by atoms with Gasteiger partial charge in [0.25, 0.3) is 0 Å². The Bertz CT molecular complexity index is 1550. The summed E-state index contributed by atoms with van der Waals surface area (Å²) < 4.78 is 90.9. The molecule has 8 nitrogen and oxygen atoms in total. The number of H-pyrrole nitrogens is 1. The second-order valence-electron chi connectivity index (χ2n) is 9.84. The van der Waals surface area contributed by atoms with Gasteiger partial charge in [0.05, 0.1) is 24.8 Å². The summed E-state index contributed by atoms with van der Waals surface area (Å²) >= 11 is 0. The normalized spacial score (nSPS) is 18.5. The predicted molar refractivity (Wildman–Crippen MR) is 137 cm³/mol. The molecule has 0 radical (unpaired) electrons. The van der Waals surface area contributed by atoms with Crippen LogP contribution in [-0.4, -0.2) is 51.4 Å². The van der Waals surface area contributed by atoms with Crippen LogP contribution in [0.5, 0.6) is 5.75 Å². The monoisotopic (exact) mass is 590 g/mol. The average Bonchev–Trinajstić information content (AvgIpc) is 3.62. The number of carbonyl (C=O) groups excluding carboxylic acids is 1. The summed E-state index contributed by atoms with van der Waals surface area (Å²) in [5.41, 5.74) is -2.89. The maximum absolute atomic E-state index is 14.9. The van der Waals surface area contributed by atoms with E-state index in [2.05, 4.69) is 25.9 Å². The number of ether oxygens (including phenoxy) is 1. The molecule has 220 valence electrons. The van der Waals surface area contributed by atoms with Crippen molar-refractivity contribution >= 4 is 6.03 Å². The number of urea groups is 1. The zero-order valence-electron chi connectivity index (χ0n) is 22.0. The molecule has 5 rings (SSSR count). The number of methoxy groups -OCH3 is 1. The van der Waals surface area contributed by atoms with E-state index in [1.165, 1.54) is 19.2 Å². The number of benzene rings is 3. The largest absolute Gasteiger partial charge is 0.494 e. The molecule has 42 heavy (non-hydrogen) atoms. The van der Waals surface area contributed by atoms with E-state index in [9.17, 15) is 31.1 Å². The van der Waals surface area contributed by atoms with E-state index in [-0.39, 0.29) is 42.1 Å². The molecular weight excluding hydrogens is 566 g/mol. The van der Waals surface area contributed by atoms with Crippen molar-refractivity contribution in [3.63, 3.8) is 0 Å². The first-order chi connectivity index (χ1) is 20.0. The highest BCUT2D eigenvalue weighted by Gasteiger charge is 2.45. The zero-order chi connectivity index (χ0) is 30.1. The van der Waals surface area contributed by atoms with Gasteiger partial charge in [-0.2, -0.15) is 18.4 Å². The SMILES string of the molecule is COc1cc([C@@](Cc2ccccc2)(NC(=O)N2C[C@@H](F)C[C@H]2c2nn[nH]n2)c2cc(F)cc(C(F)(F)F)c2)ccc1F. The van der Waals surface area contributed by atoms with Crippen molar-refractivity contribution in [1.82, 2.24) is 30.8 Å². The standard InChI is InChI=1S/C28H24F6N6O2/c1-42-24-12-17(7-8-22(24)31)27(14-16-5-3-2-4-6-16,18-9-19(28(32,33)34)11-20(29)10-18)35-26(41)40-15-21(30)13-23(40)25-36-38-39-37-25/h2-12,21,23H,13-15H2,1H3,(H,35,41)(H,36,37,38,39)/t21-,23-,27+/m0/s1. The Morgan fingerprint density at radius 3 is 2.45 bits per heavy atom. The number of hydrogen-bond donors (Lipinski definition) is 2. The number of tetrazole rings is 1. The Labute approximate surface area is 235 Å². The molecule has 2 N–H and O–H groups in total. The molecule has 0 aliphatic carbocycles. The first-order valence-corrected chi connectivity index (χ1v) is 12.7. The first-order valence-electron chi connectivity index (χ1n) is 12.7. The van der Waals surface area contributed by atoms with E-state index in [0.29, 0.717) is 11.6 Å². The molecule has 1 aliphatic heterocycles. The van der Waals surface area contributed by atoms with Crippen LogP contribution in [0, 0.1) is 11.6 Å². The van der Waals surface area contributed by atoms with Crippen molar-refractivity contribution in [1.29, 1.82) is 0 Å². The van der Waals surface area contributed by atoms with Crippen LogP contribution in [0.25, 0.3) is 0 Å². The van der Waals surface area contributed by atoms with Gasteiger partial charge in [-0.1, -0.05) is 41.6 Å². The number of amides is 2. The van der Waals surface area contributed by atoms with E-state index >= 15 is 0 Å². The lowest BCUT2D eigenvalue weighted by atomic mass is 9.77. The van der Waals surface area contributed by atoms with E-state index in [4.69, 9.17) is 4.74 Å². The van der Waals surface area contributed by atoms with Crippen LogP contribution in [-0.2, 0) is 18.1 Å². The topological polar surface area (TPSA) is 96.0 Å². The quantitative estimate of drug-likeness (QED) is 0.278. The Kier molecular flexibility index (Phi) is 7.80. The summed E-state index contributed by atoms with van der Waals surface area (Å²) in [6.45, 7) is -0.379. The van der Waals surface area contributed by atoms with Gasteiger partial charge in [0, 0.05) is 12.8 Å². The summed E-state index contributed by atoms with van der Waals surface area (Å²) in [6, 6.07) is 12.0. The molecule has 3 atom stereocenters. The lowest BCUT2D eigenvalue weighted by Crippen LogP contribution is -2.53. The van der Waals surface area contributed by atoms with Gasteiger partial charge < -0.3 is 15.0 Å². The van der Waals surface area contributed by atoms with E-state index in [0.717, 1.165) is 23.1 Å². The van der Waals surface area contributed by atoms with Crippen LogP contribution >= 0.6 is 0 Å². The maximum atomic E-state index is 14.9. The molecule has 4 aromatic rings. The van der Waals surface area contributed by atoms with Crippen LogP contribution in [0.4, 0.5) is 31.1 Å². The summed E-state index contributed by atoms with van der Waals surface area (Å²) in [5.74, 6) is -2.21. The number of nitrogens with one attached hydrogen (secondary N) is 2. The van der Waals surface area contributed by atoms with Crippen molar-refractivity contribution in [2.45, 2.75) is 36.8 Å². The van der Waals surface area contributed by atoms with Gasteiger partial charge in [-0.25, -0.2) is 18.0 Å². The number of likely N-dealkylation sites (tertiary alicyclic amines) is 1. The van der Waals surface area contributed by atoms with Gasteiger partial charge >= 0.3 is 12.2 Å². The van der Waals surface area contributed by atoms with Crippen molar-refractivity contribution in [3.8, 4) is 5.75 Å². The van der Waals surface area contributed by atoms with E-state index in [1.807, 2.05) is 0 Å². The molecule has 3 aromatic carbocycles. The molecule has 1 saturated heterocycles. The molecule has 1 aromatic heterocycles. The minimum Gasteiger partial charge on any atom is -0.494 e. The van der Waals surface area contributed by atoms with Crippen LogP contribution in [0.15, 0.2) is 66.7 Å². The number of halogens is 6. The molecular formula is C28H24F6N6O2. The number of hydrogen-bond acceptors (Lipinski definition) is 5. The molecule has 0 saturated carbocycles. The van der Waals surface area contributed by atoms with Crippen LogP contribution in [0.1, 0.15) is 40.5 Å². The Morgan fingerprint density at radius 1 is 1.05 bits per heavy atom. The van der Waals surface area contributed by atoms with Crippen molar-refractivity contribution < 1.29 is 35.9 Å². The van der Waals surface area contributed by atoms with Gasteiger partial charge in [-0.3, -0.25) is 0 Å². The number of aromatic amines is 1. The van der Waals surface area contributed by atoms with E-state index in [1.54, 1.807) is 30.3 Å². The molecule has 14 heteroatoms. The Hall–Kier alpha value is -4.62. The second kappa shape index (κ2) is 11.3. The predicted octanol–water partition coefficient (Wildman–Crippen LogP) is 5.49. The molecule has 2 amide bonds. The minimum absolute atomic E-state index is 0.0347. The van der Waals surface area contributed by atoms with Gasteiger partial charge in [0.15, 0.2) is 17.4 Å². The fourth-order valence-electron chi connectivity index (χ4n) is 5.21. The highest BCUT2D eigenvalue weighted by atomic mass is 19.4. The summed E-state index contributed by atoms with van der Waals surface area (Å²) in [4.78, 5) is 15.1. The third-order valence-electron chi connectivity index (χ3n) is 7.16. The number of aromatic nitrogens is 4. The number of nitrogens with zero attached hydrogens (tertiary/aromatic N) is 4. The lowest BCUT2D eigenvalue weighted by molar-refractivity contribution is -0.137. The number of rotatable bonds is 7. The van der Waals surface area contributed by atoms with E-state index < -0.39 is 47.2 Å². The summed E-state index contributed by atoms with van der Waals surface area (Å²) in [5, 5.41) is 16.2. The first kappa shape index (κ1) is 28.9. The lowest BCUT2D eigenvalue weighted by Gasteiger charge is -2.39. The highest BCUT2D eigenvalue weighted by Crippen LogP contribution is 2.41. The second-order valence-corrected chi connectivity index (χ2v) is 9.84. The fraction of sp³-hybridized carbons (Fsp3) is 0.286. The average molecular weight is 591 g/mol. The third-order valence-corrected chi connectivity index (χ3v) is 7.16. The Balaban J connectivity index is 1.72. The maximum Gasteiger partial charge on any atom is 0.416 e. The number of carbonyl (C=O) groups is 1. The fourth-order valence-corrected chi connectivity index (χ4v) is 5.21. The van der Waals surface area contributed by atoms with Gasteiger partial charge in [0.2, 0.25) is 0 Å².